The number of pyridine rings is 2. The Morgan fingerprint density at radius 2 is 2.03 bits per heavy atom. The van der Waals surface area contributed by atoms with Crippen molar-refractivity contribution in [2.75, 3.05) is 31.6 Å². The molecule has 2 fully saturated rings. The predicted molar refractivity (Wildman–Crippen MR) is 122 cm³/mol. The molecule has 5 rings (SSSR count). The van der Waals surface area contributed by atoms with Crippen LogP contribution in [0.15, 0.2) is 42.9 Å². The molecule has 1 aliphatic heterocycles. The summed E-state index contributed by atoms with van der Waals surface area (Å²) in [6.07, 6.45) is 10.1. The lowest BCUT2D eigenvalue weighted by Gasteiger charge is -2.22. The SMILES string of the molecule is CCCc1cccc2ncnn12.CN(CCN1CCCC1=O)c1ccc(C2CC2)cn1. The first-order valence-electron chi connectivity index (χ1n) is 11.4. The monoisotopic (exact) mass is 420 g/mol. The van der Waals surface area contributed by atoms with E-state index in [4.69, 9.17) is 0 Å². The molecule has 0 bridgehead atoms. The Hall–Kier alpha value is -2.96. The van der Waals surface area contributed by atoms with Gasteiger partial charge in [-0.15, -0.1) is 0 Å². The Balaban J connectivity index is 0.000000166. The molecule has 3 aromatic rings. The number of aromatic nitrogens is 4. The standard InChI is InChI=1S/C15H21N3O.C9H11N3/c1-17(9-10-18-8-2-3-15(18)19)14-7-6-13(11-16-14)12-4-5-12;1-2-4-8-5-3-6-9-10-7-11-12(8)9/h6-7,11-12H,2-5,8-10H2,1H3;3,5-7H,2,4H2,1H3. The summed E-state index contributed by atoms with van der Waals surface area (Å²) in [5, 5.41) is 4.14. The summed E-state index contributed by atoms with van der Waals surface area (Å²) >= 11 is 0. The van der Waals surface area contributed by atoms with E-state index in [1.54, 1.807) is 6.33 Å². The average molecular weight is 421 g/mol. The summed E-state index contributed by atoms with van der Waals surface area (Å²) in [4.78, 5) is 24.3. The number of likely N-dealkylation sites (tertiary alicyclic amines) is 1. The largest absolute Gasteiger partial charge is 0.358 e. The first-order chi connectivity index (χ1) is 15.2. The number of aryl methyl sites for hydroxylation is 1. The highest BCUT2D eigenvalue weighted by molar-refractivity contribution is 5.78. The van der Waals surface area contributed by atoms with Gasteiger partial charge in [0.05, 0.1) is 0 Å². The van der Waals surface area contributed by atoms with E-state index in [1.165, 1.54) is 24.1 Å². The van der Waals surface area contributed by atoms with Gasteiger partial charge >= 0.3 is 0 Å². The lowest BCUT2D eigenvalue weighted by atomic mass is 10.2. The summed E-state index contributed by atoms with van der Waals surface area (Å²) < 4.78 is 1.89. The molecule has 31 heavy (non-hydrogen) atoms. The van der Waals surface area contributed by atoms with E-state index in [9.17, 15) is 4.79 Å². The number of nitrogens with zero attached hydrogens (tertiary/aromatic N) is 6. The Morgan fingerprint density at radius 3 is 2.71 bits per heavy atom. The molecule has 0 unspecified atom stereocenters. The summed E-state index contributed by atoms with van der Waals surface area (Å²) in [5.74, 6) is 2.05. The smallest absolute Gasteiger partial charge is 0.222 e. The third-order valence-electron chi connectivity index (χ3n) is 5.97. The molecule has 0 N–H and O–H groups in total. The quantitative estimate of drug-likeness (QED) is 0.583. The van der Waals surface area contributed by atoms with Crippen molar-refractivity contribution >= 4 is 17.4 Å². The van der Waals surface area contributed by atoms with Crippen LogP contribution in [0.1, 0.15) is 56.2 Å². The fraction of sp³-hybridized carbons (Fsp3) is 0.500. The number of anilines is 1. The van der Waals surface area contributed by atoms with Gasteiger partial charge in [-0.2, -0.15) is 5.10 Å². The molecule has 4 heterocycles. The van der Waals surface area contributed by atoms with Crippen LogP contribution in [0.4, 0.5) is 5.82 Å². The van der Waals surface area contributed by atoms with Gasteiger partial charge in [0.2, 0.25) is 5.91 Å². The molecule has 0 radical (unpaired) electrons. The summed E-state index contributed by atoms with van der Waals surface area (Å²) in [7, 11) is 2.04. The highest BCUT2D eigenvalue weighted by Crippen LogP contribution is 2.39. The maximum atomic E-state index is 11.5. The van der Waals surface area contributed by atoms with Crippen molar-refractivity contribution in [3.8, 4) is 0 Å². The molecule has 164 valence electrons. The van der Waals surface area contributed by atoms with Gasteiger partial charge in [0.15, 0.2) is 5.65 Å². The molecule has 0 atom stereocenters. The van der Waals surface area contributed by atoms with E-state index in [1.807, 2.05) is 34.8 Å². The van der Waals surface area contributed by atoms with Crippen LogP contribution in [0.2, 0.25) is 0 Å². The third-order valence-corrected chi connectivity index (χ3v) is 5.97. The van der Waals surface area contributed by atoms with Crippen molar-refractivity contribution in [3.63, 3.8) is 0 Å². The van der Waals surface area contributed by atoms with Crippen molar-refractivity contribution < 1.29 is 4.79 Å². The zero-order valence-electron chi connectivity index (χ0n) is 18.6. The normalized spacial score (nSPS) is 15.8. The first-order valence-corrected chi connectivity index (χ1v) is 11.4. The Kier molecular flexibility index (Phi) is 6.79. The maximum Gasteiger partial charge on any atom is 0.222 e. The second-order valence-corrected chi connectivity index (χ2v) is 8.43. The second-order valence-electron chi connectivity index (χ2n) is 8.43. The molecule has 7 nitrogen and oxygen atoms in total. The van der Waals surface area contributed by atoms with Crippen molar-refractivity contribution in [1.82, 2.24) is 24.5 Å². The highest BCUT2D eigenvalue weighted by atomic mass is 16.2. The highest BCUT2D eigenvalue weighted by Gasteiger charge is 2.24. The van der Waals surface area contributed by atoms with E-state index >= 15 is 0 Å². The van der Waals surface area contributed by atoms with Gasteiger partial charge in [0, 0.05) is 45.0 Å². The van der Waals surface area contributed by atoms with E-state index in [0.717, 1.165) is 62.7 Å². The fourth-order valence-electron chi connectivity index (χ4n) is 3.95. The first kappa shape index (κ1) is 21.3. The van der Waals surface area contributed by atoms with Gasteiger partial charge in [-0.1, -0.05) is 25.5 Å². The predicted octanol–water partition coefficient (Wildman–Crippen LogP) is 3.70. The zero-order chi connectivity index (χ0) is 21.6. The minimum absolute atomic E-state index is 0.297. The number of hydrogen-bond acceptors (Lipinski definition) is 5. The van der Waals surface area contributed by atoms with Crippen molar-refractivity contribution in [2.45, 2.75) is 51.4 Å². The molecule has 1 saturated carbocycles. The van der Waals surface area contributed by atoms with Crippen LogP contribution in [-0.4, -0.2) is 57.1 Å². The number of likely N-dealkylation sites (N-methyl/N-ethyl adjacent to an activating group) is 1. The van der Waals surface area contributed by atoms with Crippen molar-refractivity contribution in [3.05, 3.63) is 54.1 Å². The molecule has 0 aromatic carbocycles. The van der Waals surface area contributed by atoms with Crippen LogP contribution in [-0.2, 0) is 11.2 Å². The summed E-state index contributed by atoms with van der Waals surface area (Å²) in [5.41, 5.74) is 3.53. The van der Waals surface area contributed by atoms with Crippen LogP contribution in [0.25, 0.3) is 5.65 Å². The Labute approximate surface area is 184 Å². The van der Waals surface area contributed by atoms with Gasteiger partial charge in [-0.25, -0.2) is 14.5 Å². The van der Waals surface area contributed by atoms with Gasteiger partial charge < -0.3 is 9.80 Å². The number of hydrogen-bond donors (Lipinski definition) is 0. The molecular weight excluding hydrogens is 388 g/mol. The van der Waals surface area contributed by atoms with Gasteiger partial charge in [-0.05, 0) is 55.4 Å². The van der Waals surface area contributed by atoms with Crippen LogP contribution in [0, 0.1) is 0 Å². The fourth-order valence-corrected chi connectivity index (χ4v) is 3.95. The van der Waals surface area contributed by atoms with E-state index in [0.29, 0.717) is 5.91 Å². The van der Waals surface area contributed by atoms with Crippen LogP contribution < -0.4 is 4.90 Å². The van der Waals surface area contributed by atoms with Crippen LogP contribution in [0.5, 0.6) is 0 Å². The average Bonchev–Trinajstić information content (AvgIpc) is 3.38. The number of fused-ring (bicyclic) bond motifs is 1. The van der Waals surface area contributed by atoms with Gasteiger partial charge in [0.25, 0.3) is 0 Å². The van der Waals surface area contributed by atoms with Crippen LogP contribution in [0.3, 0.4) is 0 Å². The molecule has 2 aliphatic rings. The lowest BCUT2D eigenvalue weighted by molar-refractivity contribution is -0.127. The Bertz CT molecular complexity index is 995. The number of amides is 1. The van der Waals surface area contributed by atoms with E-state index in [2.05, 4.69) is 45.1 Å². The summed E-state index contributed by atoms with van der Waals surface area (Å²) in [6, 6.07) is 10.4. The van der Waals surface area contributed by atoms with E-state index < -0.39 is 0 Å². The molecule has 7 heteroatoms. The van der Waals surface area contributed by atoms with E-state index in [-0.39, 0.29) is 0 Å². The van der Waals surface area contributed by atoms with Gasteiger partial charge in [-0.3, -0.25) is 4.79 Å². The minimum Gasteiger partial charge on any atom is -0.358 e. The maximum absolute atomic E-state index is 11.5. The lowest BCUT2D eigenvalue weighted by Crippen LogP contribution is -2.34. The molecule has 0 spiro atoms. The minimum atomic E-state index is 0.297. The molecule has 1 amide bonds. The molecular formula is C24H32N6O. The molecule has 1 saturated heterocycles. The van der Waals surface area contributed by atoms with Crippen LogP contribution >= 0.6 is 0 Å². The molecule has 1 aliphatic carbocycles. The van der Waals surface area contributed by atoms with Crippen molar-refractivity contribution in [1.29, 1.82) is 0 Å². The number of carbonyl (C=O) groups excluding carboxylic acids is 1. The number of carbonyl (C=O) groups is 1. The Morgan fingerprint density at radius 1 is 1.16 bits per heavy atom. The molecule has 3 aromatic heterocycles. The number of rotatable bonds is 7. The van der Waals surface area contributed by atoms with Gasteiger partial charge in [0.1, 0.15) is 12.1 Å². The van der Waals surface area contributed by atoms with Crippen molar-refractivity contribution in [2.24, 2.45) is 0 Å². The summed E-state index contributed by atoms with van der Waals surface area (Å²) in [6.45, 7) is 4.74. The third kappa shape index (κ3) is 5.40. The zero-order valence-corrected chi connectivity index (χ0v) is 18.6. The topological polar surface area (TPSA) is 66.6 Å². The second kappa shape index (κ2) is 9.90.